The molecule has 1 N–H and O–H groups in total. The van der Waals surface area contributed by atoms with E-state index >= 15 is 0 Å². The van der Waals surface area contributed by atoms with E-state index in [2.05, 4.69) is 0 Å². The molecule has 0 unspecified atom stereocenters. The van der Waals surface area contributed by atoms with Crippen LogP contribution in [0.4, 0.5) is 0 Å². The van der Waals surface area contributed by atoms with Crippen molar-refractivity contribution in [3.63, 3.8) is 0 Å². The zero-order valence-corrected chi connectivity index (χ0v) is 11.8. The Labute approximate surface area is 117 Å². The van der Waals surface area contributed by atoms with Crippen molar-refractivity contribution in [1.29, 1.82) is 0 Å². The Morgan fingerprint density at radius 1 is 1.40 bits per heavy atom. The maximum absolute atomic E-state index is 10.9. The van der Waals surface area contributed by atoms with E-state index in [-0.39, 0.29) is 54.1 Å². The van der Waals surface area contributed by atoms with Gasteiger partial charge in [0.25, 0.3) is 10.1 Å². The van der Waals surface area contributed by atoms with E-state index in [0.29, 0.717) is 0 Å². The van der Waals surface area contributed by atoms with Gasteiger partial charge < -0.3 is 6.16 Å². The molecule has 0 amide bonds. The standard InChI is InChI=1S/C8H9ClO4S.Na.H/c9-5-6-13-7-3-1-2-4-8(7)14(10,11)12;;/h1-4H,5-6H2,(H,10,11,12);;/q;+1;-1. The second kappa shape index (κ2) is 6.73. The van der Waals surface area contributed by atoms with Crippen LogP contribution in [0.2, 0.25) is 0 Å². The Morgan fingerprint density at radius 3 is 2.53 bits per heavy atom. The van der Waals surface area contributed by atoms with E-state index in [9.17, 15) is 8.42 Å². The molecule has 0 saturated carbocycles. The molecular weight excluding hydrogens is 251 g/mol. The van der Waals surface area contributed by atoms with Crippen LogP contribution in [0.25, 0.3) is 0 Å². The smallest absolute Gasteiger partial charge is 1.00 e. The van der Waals surface area contributed by atoms with E-state index in [0.717, 1.165) is 0 Å². The first kappa shape index (κ1) is 15.2. The predicted octanol–water partition coefficient (Wildman–Crippen LogP) is -1.33. The molecule has 80 valence electrons. The molecule has 0 atom stereocenters. The van der Waals surface area contributed by atoms with Crippen molar-refractivity contribution in [2.75, 3.05) is 12.5 Å². The fourth-order valence-corrected chi connectivity index (χ4v) is 1.64. The van der Waals surface area contributed by atoms with Crippen molar-refractivity contribution < 1.29 is 48.7 Å². The molecule has 0 radical (unpaired) electrons. The molecule has 0 fully saturated rings. The first-order valence-corrected chi connectivity index (χ1v) is 5.78. The Kier molecular flexibility index (Phi) is 6.83. The molecule has 0 aromatic heterocycles. The largest absolute Gasteiger partial charge is 1.00 e. The minimum atomic E-state index is -4.23. The molecule has 0 saturated heterocycles. The Bertz CT molecular complexity index is 412. The summed E-state index contributed by atoms with van der Waals surface area (Å²) in [4.78, 5) is -0.245. The first-order chi connectivity index (χ1) is 6.55. The van der Waals surface area contributed by atoms with Gasteiger partial charge in [0.05, 0.1) is 5.88 Å². The van der Waals surface area contributed by atoms with E-state index < -0.39 is 10.1 Å². The van der Waals surface area contributed by atoms with Crippen molar-refractivity contribution in [2.24, 2.45) is 0 Å². The fourth-order valence-electron chi connectivity index (χ4n) is 0.931. The summed E-state index contributed by atoms with van der Waals surface area (Å²) in [5, 5.41) is 0. The molecule has 0 heterocycles. The van der Waals surface area contributed by atoms with Crippen LogP contribution in [-0.4, -0.2) is 25.5 Å². The van der Waals surface area contributed by atoms with Gasteiger partial charge in [0.2, 0.25) is 0 Å². The summed E-state index contributed by atoms with van der Waals surface area (Å²) in [7, 11) is -4.23. The van der Waals surface area contributed by atoms with Crippen molar-refractivity contribution >= 4 is 21.7 Å². The average Bonchev–Trinajstić information content (AvgIpc) is 2.14. The molecule has 15 heavy (non-hydrogen) atoms. The van der Waals surface area contributed by atoms with Crippen LogP contribution in [0.15, 0.2) is 29.2 Å². The van der Waals surface area contributed by atoms with Crippen LogP contribution in [-0.2, 0) is 10.1 Å². The number of hydrogen-bond donors (Lipinski definition) is 1. The number of rotatable bonds is 4. The number of hydrogen-bond acceptors (Lipinski definition) is 3. The van der Waals surface area contributed by atoms with Gasteiger partial charge in [0.15, 0.2) is 0 Å². The van der Waals surface area contributed by atoms with Gasteiger partial charge in [-0.05, 0) is 12.1 Å². The molecule has 0 bridgehead atoms. The molecule has 1 aromatic rings. The summed E-state index contributed by atoms with van der Waals surface area (Å²) >= 11 is 5.38. The van der Waals surface area contributed by atoms with E-state index in [1.54, 1.807) is 6.07 Å². The topological polar surface area (TPSA) is 63.6 Å². The predicted molar refractivity (Wildman–Crippen MR) is 53.6 cm³/mol. The maximum Gasteiger partial charge on any atom is 1.00 e. The number of halogens is 1. The number of para-hydroxylation sites is 1. The van der Waals surface area contributed by atoms with Crippen molar-refractivity contribution in [3.05, 3.63) is 24.3 Å². The van der Waals surface area contributed by atoms with Crippen molar-refractivity contribution in [3.8, 4) is 5.75 Å². The molecule has 0 aliphatic heterocycles. The van der Waals surface area contributed by atoms with Gasteiger partial charge in [-0.3, -0.25) is 4.55 Å². The molecule has 1 aromatic carbocycles. The van der Waals surface area contributed by atoms with Gasteiger partial charge in [0, 0.05) is 0 Å². The van der Waals surface area contributed by atoms with Gasteiger partial charge in [-0.1, -0.05) is 12.1 Å². The van der Waals surface area contributed by atoms with Crippen LogP contribution < -0.4 is 34.3 Å². The van der Waals surface area contributed by atoms with Gasteiger partial charge >= 0.3 is 29.6 Å². The first-order valence-electron chi connectivity index (χ1n) is 3.81. The van der Waals surface area contributed by atoms with E-state index in [1.165, 1.54) is 18.2 Å². The van der Waals surface area contributed by atoms with Crippen LogP contribution in [0.5, 0.6) is 5.75 Å². The summed E-state index contributed by atoms with van der Waals surface area (Å²) in [6.07, 6.45) is 0. The summed E-state index contributed by atoms with van der Waals surface area (Å²) in [6.45, 7) is 0.189. The minimum absolute atomic E-state index is 0. The monoisotopic (exact) mass is 260 g/mol. The van der Waals surface area contributed by atoms with Crippen molar-refractivity contribution in [1.82, 2.24) is 0 Å². The summed E-state index contributed by atoms with van der Waals surface area (Å²) in [5.41, 5.74) is 0. The van der Waals surface area contributed by atoms with E-state index in [1.807, 2.05) is 0 Å². The minimum Gasteiger partial charge on any atom is -1.00 e. The quantitative estimate of drug-likeness (QED) is 0.414. The Balaban J connectivity index is 0. The summed E-state index contributed by atoms with van der Waals surface area (Å²) in [5.74, 6) is 0.357. The summed E-state index contributed by atoms with van der Waals surface area (Å²) in [6, 6.07) is 5.82. The number of alkyl halides is 1. The normalized spacial score (nSPS) is 10.5. The van der Waals surface area contributed by atoms with Gasteiger partial charge in [0.1, 0.15) is 17.3 Å². The van der Waals surface area contributed by atoms with Gasteiger partial charge in [-0.2, -0.15) is 8.42 Å². The second-order valence-corrected chi connectivity index (χ2v) is 4.23. The number of ether oxygens (including phenoxy) is 1. The third kappa shape index (κ3) is 4.72. The maximum atomic E-state index is 10.9. The Hall–Kier alpha value is 0.220. The third-order valence-electron chi connectivity index (χ3n) is 1.46. The summed E-state index contributed by atoms with van der Waals surface area (Å²) < 4.78 is 35.6. The van der Waals surface area contributed by atoms with Crippen LogP contribution in [0.3, 0.4) is 0 Å². The molecule has 0 spiro atoms. The van der Waals surface area contributed by atoms with Crippen LogP contribution in [0.1, 0.15) is 1.43 Å². The Morgan fingerprint density at radius 2 is 2.00 bits per heavy atom. The fraction of sp³-hybridized carbons (Fsp3) is 0.250. The van der Waals surface area contributed by atoms with Crippen LogP contribution >= 0.6 is 11.6 Å². The molecule has 0 aliphatic rings. The van der Waals surface area contributed by atoms with Crippen LogP contribution in [0, 0.1) is 0 Å². The molecular formula is C8H10ClNaO4S. The zero-order valence-electron chi connectivity index (χ0n) is 9.18. The number of benzene rings is 1. The van der Waals surface area contributed by atoms with Gasteiger partial charge in [-0.25, -0.2) is 0 Å². The third-order valence-corrected chi connectivity index (χ3v) is 2.51. The molecule has 1 rings (SSSR count). The molecule has 4 nitrogen and oxygen atoms in total. The second-order valence-electron chi connectivity index (χ2n) is 2.46. The van der Waals surface area contributed by atoms with E-state index in [4.69, 9.17) is 20.9 Å². The SMILES string of the molecule is O=S(=O)(O)c1ccccc1OCCCl.[H-].[Na+]. The molecule has 7 heteroatoms. The molecule has 0 aliphatic carbocycles. The van der Waals surface area contributed by atoms with Crippen molar-refractivity contribution in [2.45, 2.75) is 4.90 Å². The zero-order chi connectivity index (χ0) is 10.6. The van der Waals surface area contributed by atoms with Gasteiger partial charge in [-0.15, -0.1) is 11.6 Å². The average molecular weight is 261 g/mol.